The third-order valence-corrected chi connectivity index (χ3v) is 1.61. The number of Topliss-reactive ketones (excluding diaryl/α,β-unsaturated/α-hetero) is 2. The van der Waals surface area contributed by atoms with Gasteiger partial charge in [0.15, 0.2) is 0 Å². The third-order valence-electron chi connectivity index (χ3n) is 1.61. The molecule has 5 heteroatoms. The van der Waals surface area contributed by atoms with Crippen LogP contribution >= 0.6 is 0 Å². The first-order chi connectivity index (χ1) is 6.69. The van der Waals surface area contributed by atoms with Crippen molar-refractivity contribution in [2.45, 2.75) is 0 Å². The van der Waals surface area contributed by atoms with Crippen LogP contribution in [0.15, 0.2) is 18.2 Å². The number of hydrogen-bond donors (Lipinski definition) is 2. The smallest absolute Gasteiger partial charge is 0.206 e. The van der Waals surface area contributed by atoms with Gasteiger partial charge in [-0.15, -0.1) is 0 Å². The van der Waals surface area contributed by atoms with Gasteiger partial charge in [-0.1, -0.05) is 6.07 Å². The predicted octanol–water partition coefficient (Wildman–Crippen LogP) is -0.568. The Kier molecular flexibility index (Phi) is 3.44. The number of carbonyl (C=O) groups is 2. The molecule has 0 saturated heterocycles. The van der Waals surface area contributed by atoms with Gasteiger partial charge in [0.2, 0.25) is 11.6 Å². The fraction of sp³-hybridized carbons (Fsp3) is 0.222. The van der Waals surface area contributed by atoms with E-state index >= 15 is 0 Å². The first-order valence-electron chi connectivity index (χ1n) is 3.94. The van der Waals surface area contributed by atoms with Crippen molar-refractivity contribution in [3.63, 3.8) is 0 Å². The van der Waals surface area contributed by atoms with Crippen LogP contribution in [0, 0.1) is 0 Å². The van der Waals surface area contributed by atoms with Crippen molar-refractivity contribution in [1.29, 1.82) is 0 Å². The maximum atomic E-state index is 11.0. The van der Waals surface area contributed by atoms with Crippen LogP contribution < -0.4 is 0 Å². The lowest BCUT2D eigenvalue weighted by atomic mass is 10.2. The molecular weight excluding hydrogens is 186 g/mol. The number of aromatic nitrogens is 1. The summed E-state index contributed by atoms with van der Waals surface area (Å²) in [7, 11) is 0. The molecular formula is C9H9NO4. The molecule has 0 unspecified atom stereocenters. The van der Waals surface area contributed by atoms with Crippen molar-refractivity contribution >= 4 is 11.6 Å². The molecule has 0 aromatic carbocycles. The molecule has 0 aliphatic heterocycles. The lowest BCUT2D eigenvalue weighted by Gasteiger charge is -1.99. The van der Waals surface area contributed by atoms with Crippen LogP contribution in [0.5, 0.6) is 0 Å². The van der Waals surface area contributed by atoms with Gasteiger partial charge < -0.3 is 10.2 Å². The normalized spacial score (nSPS) is 9.86. The van der Waals surface area contributed by atoms with Crippen molar-refractivity contribution in [3.05, 3.63) is 29.6 Å². The van der Waals surface area contributed by atoms with Gasteiger partial charge in [-0.2, -0.15) is 0 Å². The van der Waals surface area contributed by atoms with E-state index in [2.05, 4.69) is 4.98 Å². The van der Waals surface area contributed by atoms with Crippen molar-refractivity contribution in [3.8, 4) is 0 Å². The van der Waals surface area contributed by atoms with Crippen molar-refractivity contribution in [2.75, 3.05) is 13.2 Å². The van der Waals surface area contributed by atoms with Gasteiger partial charge in [-0.3, -0.25) is 9.59 Å². The maximum absolute atomic E-state index is 11.0. The van der Waals surface area contributed by atoms with E-state index in [1.807, 2.05) is 0 Å². The standard InChI is InChI=1S/C9H9NO4/c11-4-8(13)6-2-1-3-7(10-6)9(14)5-12/h1-3,11-12H,4-5H2. The van der Waals surface area contributed by atoms with Crippen molar-refractivity contribution in [1.82, 2.24) is 4.98 Å². The minimum atomic E-state index is -0.649. The van der Waals surface area contributed by atoms with E-state index in [1.165, 1.54) is 18.2 Å². The molecule has 1 aromatic heterocycles. The van der Waals surface area contributed by atoms with E-state index in [4.69, 9.17) is 10.2 Å². The Morgan fingerprint density at radius 2 is 1.50 bits per heavy atom. The van der Waals surface area contributed by atoms with E-state index in [9.17, 15) is 9.59 Å². The van der Waals surface area contributed by atoms with E-state index < -0.39 is 24.8 Å². The summed E-state index contributed by atoms with van der Waals surface area (Å²) in [5.41, 5.74) is 0.0404. The SMILES string of the molecule is O=C(CO)c1cccc(C(=O)CO)n1. The lowest BCUT2D eigenvalue weighted by molar-refractivity contribution is 0.0891. The molecule has 14 heavy (non-hydrogen) atoms. The summed E-state index contributed by atoms with van der Waals surface area (Å²) in [4.78, 5) is 25.7. The van der Waals surface area contributed by atoms with E-state index in [0.29, 0.717) is 0 Å². The minimum Gasteiger partial charge on any atom is -0.388 e. The second-order valence-electron chi connectivity index (χ2n) is 2.57. The van der Waals surface area contributed by atoms with Gasteiger partial charge in [0.05, 0.1) is 0 Å². The van der Waals surface area contributed by atoms with Gasteiger partial charge in [0, 0.05) is 0 Å². The number of pyridine rings is 1. The first kappa shape index (κ1) is 10.5. The molecule has 0 aliphatic carbocycles. The van der Waals surface area contributed by atoms with Crippen molar-refractivity contribution < 1.29 is 19.8 Å². The Morgan fingerprint density at radius 3 is 1.86 bits per heavy atom. The van der Waals surface area contributed by atoms with Gasteiger partial charge in [0.25, 0.3) is 0 Å². The molecule has 2 N–H and O–H groups in total. The summed E-state index contributed by atoms with van der Waals surface area (Å²) >= 11 is 0. The summed E-state index contributed by atoms with van der Waals surface area (Å²) in [5.74, 6) is -1.12. The third kappa shape index (κ3) is 2.21. The zero-order valence-corrected chi connectivity index (χ0v) is 7.30. The molecule has 0 bridgehead atoms. The Hall–Kier alpha value is -1.59. The Morgan fingerprint density at radius 1 is 1.07 bits per heavy atom. The van der Waals surface area contributed by atoms with Gasteiger partial charge in [-0.25, -0.2) is 4.98 Å². The molecule has 0 fully saturated rings. The number of nitrogens with zero attached hydrogens (tertiary/aromatic N) is 1. The topological polar surface area (TPSA) is 87.5 Å². The summed E-state index contributed by atoms with van der Waals surface area (Å²) in [6, 6.07) is 4.26. The summed E-state index contributed by atoms with van der Waals surface area (Å²) in [6.45, 7) is -1.30. The van der Waals surface area contributed by atoms with Crippen LogP contribution in [0.1, 0.15) is 21.0 Å². The number of aliphatic hydroxyl groups excluding tert-OH is 2. The molecule has 0 amide bonds. The molecule has 1 aromatic rings. The molecule has 0 aliphatic rings. The van der Waals surface area contributed by atoms with Crippen LogP contribution in [-0.2, 0) is 0 Å². The van der Waals surface area contributed by atoms with E-state index in [1.54, 1.807) is 0 Å². The van der Waals surface area contributed by atoms with Crippen LogP contribution in [0.4, 0.5) is 0 Å². The number of ketones is 2. The number of hydrogen-bond acceptors (Lipinski definition) is 5. The van der Waals surface area contributed by atoms with Crippen LogP contribution in [0.25, 0.3) is 0 Å². The molecule has 0 saturated carbocycles. The second-order valence-corrected chi connectivity index (χ2v) is 2.57. The molecule has 0 spiro atoms. The van der Waals surface area contributed by atoms with Gasteiger partial charge >= 0.3 is 0 Å². The zero-order chi connectivity index (χ0) is 10.6. The molecule has 0 atom stereocenters. The average molecular weight is 195 g/mol. The van der Waals surface area contributed by atoms with Crippen LogP contribution in [-0.4, -0.2) is 40.0 Å². The van der Waals surface area contributed by atoms with Gasteiger partial charge in [-0.05, 0) is 12.1 Å². The predicted molar refractivity (Wildman–Crippen MR) is 47.1 cm³/mol. The molecule has 1 heterocycles. The molecule has 5 nitrogen and oxygen atoms in total. The Bertz CT molecular complexity index is 330. The quantitative estimate of drug-likeness (QED) is 0.628. The molecule has 0 radical (unpaired) electrons. The highest BCUT2D eigenvalue weighted by molar-refractivity contribution is 5.98. The first-order valence-corrected chi connectivity index (χ1v) is 3.94. The lowest BCUT2D eigenvalue weighted by Crippen LogP contribution is -2.12. The summed E-state index contributed by atoms with van der Waals surface area (Å²) < 4.78 is 0. The number of aliphatic hydroxyl groups is 2. The highest BCUT2D eigenvalue weighted by atomic mass is 16.3. The Labute approximate surface area is 80.0 Å². The number of carbonyl (C=O) groups excluding carboxylic acids is 2. The van der Waals surface area contributed by atoms with Crippen molar-refractivity contribution in [2.24, 2.45) is 0 Å². The van der Waals surface area contributed by atoms with E-state index in [-0.39, 0.29) is 11.4 Å². The van der Waals surface area contributed by atoms with Crippen LogP contribution in [0.2, 0.25) is 0 Å². The van der Waals surface area contributed by atoms with Gasteiger partial charge in [0.1, 0.15) is 24.6 Å². The second kappa shape index (κ2) is 4.59. The summed E-state index contributed by atoms with van der Waals surface area (Å²) in [6.07, 6.45) is 0. The average Bonchev–Trinajstić information content (AvgIpc) is 2.27. The number of rotatable bonds is 4. The summed E-state index contributed by atoms with van der Waals surface area (Å²) in [5, 5.41) is 17.1. The molecule has 74 valence electrons. The minimum absolute atomic E-state index is 0.0202. The highest BCUT2D eigenvalue weighted by Crippen LogP contribution is 2.01. The fourth-order valence-electron chi connectivity index (χ4n) is 0.907. The van der Waals surface area contributed by atoms with E-state index in [0.717, 1.165) is 0 Å². The Balaban J connectivity index is 3.01. The fourth-order valence-corrected chi connectivity index (χ4v) is 0.907. The molecule has 1 rings (SSSR count). The van der Waals surface area contributed by atoms with Crippen LogP contribution in [0.3, 0.4) is 0 Å². The largest absolute Gasteiger partial charge is 0.388 e. The highest BCUT2D eigenvalue weighted by Gasteiger charge is 2.10. The maximum Gasteiger partial charge on any atom is 0.206 e. The monoisotopic (exact) mass is 195 g/mol. The zero-order valence-electron chi connectivity index (χ0n) is 7.30.